The Kier molecular flexibility index (Phi) is 13.3. The van der Waals surface area contributed by atoms with Crippen molar-refractivity contribution in [1.29, 1.82) is 0 Å². The maximum atomic E-state index is 5.80. The summed E-state index contributed by atoms with van der Waals surface area (Å²) < 4.78 is 5.80. The largest absolute Gasteiger partial charge is 0.492 e. The minimum Gasteiger partial charge on any atom is -0.492 e. The van der Waals surface area contributed by atoms with Gasteiger partial charge in [0.2, 0.25) is 0 Å². The number of nitrogens with zero attached hydrogens (tertiary/aromatic N) is 4. The van der Waals surface area contributed by atoms with E-state index in [0.717, 1.165) is 44.3 Å². The number of aliphatic imine (C=N–C) groups is 1. The molecule has 0 atom stereocenters. The number of guanidine groups is 1. The highest BCUT2D eigenvalue weighted by molar-refractivity contribution is 14.0. The van der Waals surface area contributed by atoms with Gasteiger partial charge >= 0.3 is 0 Å². The summed E-state index contributed by atoms with van der Waals surface area (Å²) in [6.45, 7) is 11.2. The number of likely N-dealkylation sites (N-methyl/N-ethyl adjacent to an activating group) is 2. The summed E-state index contributed by atoms with van der Waals surface area (Å²) in [5, 5.41) is 3.39. The van der Waals surface area contributed by atoms with Crippen molar-refractivity contribution in [3.05, 3.63) is 30.3 Å². The minimum absolute atomic E-state index is 0. The van der Waals surface area contributed by atoms with Crippen molar-refractivity contribution in [2.75, 3.05) is 73.1 Å². The lowest BCUT2D eigenvalue weighted by molar-refractivity contribution is 0.274. The van der Waals surface area contributed by atoms with Crippen LogP contribution in [0, 0.1) is 0 Å². The molecule has 28 heavy (non-hydrogen) atoms. The number of rotatable bonds is 9. The molecule has 1 aromatic carbocycles. The minimum atomic E-state index is 0. The molecule has 1 aliphatic heterocycles. The van der Waals surface area contributed by atoms with Gasteiger partial charge in [-0.1, -0.05) is 18.2 Å². The summed E-state index contributed by atoms with van der Waals surface area (Å²) in [5.41, 5.74) is 0. The second-order valence-electron chi connectivity index (χ2n) is 7.17. The first-order valence-corrected chi connectivity index (χ1v) is 10.3. The van der Waals surface area contributed by atoms with Crippen molar-refractivity contribution < 1.29 is 4.74 Å². The van der Waals surface area contributed by atoms with Crippen LogP contribution in [0.4, 0.5) is 0 Å². The molecule has 2 rings (SSSR count). The number of benzene rings is 1. The van der Waals surface area contributed by atoms with E-state index in [1.807, 2.05) is 30.3 Å². The molecule has 0 aromatic heterocycles. The van der Waals surface area contributed by atoms with Gasteiger partial charge in [0, 0.05) is 33.2 Å². The zero-order chi connectivity index (χ0) is 19.3. The normalized spacial score (nSPS) is 16.2. The van der Waals surface area contributed by atoms with Crippen LogP contribution < -0.4 is 10.1 Å². The van der Waals surface area contributed by atoms with Gasteiger partial charge in [-0.3, -0.25) is 4.99 Å². The molecule has 1 aliphatic rings. The molecule has 160 valence electrons. The lowest BCUT2D eigenvalue weighted by Crippen LogP contribution is -2.41. The van der Waals surface area contributed by atoms with Crippen molar-refractivity contribution in [2.45, 2.75) is 19.8 Å². The number of hydrogen-bond donors (Lipinski definition) is 1. The van der Waals surface area contributed by atoms with E-state index in [2.05, 4.69) is 41.0 Å². The highest BCUT2D eigenvalue weighted by Crippen LogP contribution is 2.08. The van der Waals surface area contributed by atoms with E-state index in [9.17, 15) is 0 Å². The molecule has 0 amide bonds. The molecule has 0 spiro atoms. The van der Waals surface area contributed by atoms with Gasteiger partial charge in [0.25, 0.3) is 0 Å². The van der Waals surface area contributed by atoms with Gasteiger partial charge in [-0.2, -0.15) is 0 Å². The van der Waals surface area contributed by atoms with Gasteiger partial charge in [-0.05, 0) is 58.6 Å². The Morgan fingerprint density at radius 1 is 1.18 bits per heavy atom. The number of para-hydroxylation sites is 1. The second-order valence-corrected chi connectivity index (χ2v) is 7.17. The van der Waals surface area contributed by atoms with Crippen LogP contribution in [0.1, 0.15) is 19.8 Å². The predicted octanol–water partition coefficient (Wildman–Crippen LogP) is 2.61. The van der Waals surface area contributed by atoms with Gasteiger partial charge in [-0.25, -0.2) is 0 Å². The van der Waals surface area contributed by atoms with Crippen LogP contribution in [0.25, 0.3) is 0 Å². The van der Waals surface area contributed by atoms with Crippen molar-refractivity contribution >= 4 is 29.9 Å². The van der Waals surface area contributed by atoms with Crippen molar-refractivity contribution in [3.63, 3.8) is 0 Å². The van der Waals surface area contributed by atoms with E-state index in [4.69, 9.17) is 9.73 Å². The first-order valence-electron chi connectivity index (χ1n) is 10.3. The Balaban J connectivity index is 0.00000392. The van der Waals surface area contributed by atoms with Crippen LogP contribution in [-0.2, 0) is 0 Å². The van der Waals surface area contributed by atoms with Crippen LogP contribution in [0.3, 0.4) is 0 Å². The Bertz CT molecular complexity index is 543. The quantitative estimate of drug-likeness (QED) is 0.243. The third kappa shape index (κ3) is 9.93. The summed E-state index contributed by atoms with van der Waals surface area (Å²) in [5.74, 6) is 1.88. The molecule has 1 N–H and O–H groups in total. The van der Waals surface area contributed by atoms with Gasteiger partial charge in [0.05, 0.1) is 6.54 Å². The van der Waals surface area contributed by atoms with Crippen molar-refractivity contribution in [1.82, 2.24) is 20.0 Å². The fourth-order valence-corrected chi connectivity index (χ4v) is 3.20. The van der Waals surface area contributed by atoms with Gasteiger partial charge in [0.15, 0.2) is 5.96 Å². The topological polar surface area (TPSA) is 43.3 Å². The average molecular weight is 503 g/mol. The second kappa shape index (κ2) is 14.9. The number of nitrogens with one attached hydrogen (secondary N) is 1. The maximum Gasteiger partial charge on any atom is 0.193 e. The van der Waals surface area contributed by atoms with E-state index >= 15 is 0 Å². The molecule has 0 bridgehead atoms. The van der Waals surface area contributed by atoms with Crippen LogP contribution in [0.5, 0.6) is 5.75 Å². The molecule has 7 heteroatoms. The Morgan fingerprint density at radius 2 is 1.96 bits per heavy atom. The smallest absolute Gasteiger partial charge is 0.193 e. The zero-order valence-electron chi connectivity index (χ0n) is 17.8. The lowest BCUT2D eigenvalue weighted by Gasteiger charge is -2.23. The van der Waals surface area contributed by atoms with Crippen molar-refractivity contribution in [2.24, 2.45) is 4.99 Å². The third-order valence-corrected chi connectivity index (χ3v) is 4.84. The molecule has 1 heterocycles. The molecular formula is C21H38IN5O. The first kappa shape index (κ1) is 25.0. The fourth-order valence-electron chi connectivity index (χ4n) is 3.20. The summed E-state index contributed by atoms with van der Waals surface area (Å²) in [6, 6.07) is 9.96. The molecule has 0 aliphatic carbocycles. The van der Waals surface area contributed by atoms with E-state index in [1.165, 1.54) is 32.6 Å². The number of hydrogen-bond acceptors (Lipinski definition) is 4. The molecule has 1 aromatic rings. The summed E-state index contributed by atoms with van der Waals surface area (Å²) in [7, 11) is 4.29. The molecule has 0 unspecified atom stereocenters. The van der Waals surface area contributed by atoms with Gasteiger partial charge in [0.1, 0.15) is 12.4 Å². The van der Waals surface area contributed by atoms with Crippen molar-refractivity contribution in [3.8, 4) is 5.75 Å². The summed E-state index contributed by atoms with van der Waals surface area (Å²) in [4.78, 5) is 11.9. The summed E-state index contributed by atoms with van der Waals surface area (Å²) in [6.07, 6.45) is 2.37. The third-order valence-electron chi connectivity index (χ3n) is 4.84. The monoisotopic (exact) mass is 503 g/mol. The van der Waals surface area contributed by atoms with E-state index in [-0.39, 0.29) is 24.0 Å². The lowest BCUT2D eigenvalue weighted by atomic mass is 10.3. The molecule has 6 nitrogen and oxygen atoms in total. The van der Waals surface area contributed by atoms with E-state index in [1.54, 1.807) is 0 Å². The highest BCUT2D eigenvalue weighted by Gasteiger charge is 2.11. The summed E-state index contributed by atoms with van der Waals surface area (Å²) >= 11 is 0. The molecule has 1 fully saturated rings. The predicted molar refractivity (Wildman–Crippen MR) is 129 cm³/mol. The standard InChI is InChI=1S/C21H37N5O.HI/c1-4-22-21(25(3)18-19-27-20-10-6-5-7-11-20)23-12-8-14-26-15-9-13-24(2)16-17-26;/h5-7,10-11H,4,8-9,12-19H2,1-3H3,(H,22,23);1H. The van der Waals surface area contributed by atoms with E-state index in [0.29, 0.717) is 6.61 Å². The highest BCUT2D eigenvalue weighted by atomic mass is 127. The first-order chi connectivity index (χ1) is 13.2. The van der Waals surface area contributed by atoms with Crippen LogP contribution >= 0.6 is 24.0 Å². The SMILES string of the molecule is CCNC(=NCCCN1CCCN(C)CC1)N(C)CCOc1ccccc1.I. The average Bonchev–Trinajstić information content (AvgIpc) is 2.89. The van der Waals surface area contributed by atoms with Crippen LogP contribution in [0.2, 0.25) is 0 Å². The number of ether oxygens (including phenoxy) is 1. The Labute approximate surface area is 188 Å². The van der Waals surface area contributed by atoms with Crippen LogP contribution in [-0.4, -0.2) is 93.7 Å². The Hall–Kier alpha value is -1.06. The molecule has 1 saturated heterocycles. The van der Waals surface area contributed by atoms with Crippen LogP contribution in [0.15, 0.2) is 35.3 Å². The molecular weight excluding hydrogens is 465 g/mol. The molecule has 0 radical (unpaired) electrons. The Morgan fingerprint density at radius 3 is 2.71 bits per heavy atom. The van der Waals surface area contributed by atoms with Gasteiger partial charge in [-0.15, -0.1) is 24.0 Å². The van der Waals surface area contributed by atoms with E-state index < -0.39 is 0 Å². The number of halogens is 1. The zero-order valence-corrected chi connectivity index (χ0v) is 20.1. The fraction of sp³-hybridized carbons (Fsp3) is 0.667. The van der Waals surface area contributed by atoms with Gasteiger partial charge < -0.3 is 24.8 Å². The molecule has 0 saturated carbocycles. The maximum absolute atomic E-state index is 5.80.